The number of hydrogen-bond acceptors (Lipinski definition) is 7. The zero-order valence-corrected chi connectivity index (χ0v) is 22.2. The molecule has 1 amide bonds. The van der Waals surface area contributed by atoms with Crippen LogP contribution in [0, 0.1) is 5.92 Å². The second kappa shape index (κ2) is 12.3. The average Bonchev–Trinajstić information content (AvgIpc) is 3.60. The highest BCUT2D eigenvalue weighted by molar-refractivity contribution is 5.88. The van der Waals surface area contributed by atoms with Crippen molar-refractivity contribution >= 4 is 11.9 Å². The van der Waals surface area contributed by atoms with E-state index in [1.807, 2.05) is 52.8 Å². The molecular weight excluding hydrogens is 462 g/mol. The topological polar surface area (TPSA) is 107 Å². The molecule has 3 aliphatic heterocycles. The molecule has 2 fully saturated rings. The number of aliphatic hydroxyl groups is 1. The fourth-order valence-electron chi connectivity index (χ4n) is 4.55. The Morgan fingerprint density at radius 2 is 2.03 bits per heavy atom. The van der Waals surface area contributed by atoms with Gasteiger partial charge >= 0.3 is 5.97 Å². The van der Waals surface area contributed by atoms with Crippen LogP contribution in [0.5, 0.6) is 0 Å². The fourth-order valence-corrected chi connectivity index (χ4v) is 4.55. The molecule has 0 radical (unpaired) electrons. The van der Waals surface area contributed by atoms with Crippen LogP contribution in [-0.2, 0) is 28.5 Å². The molecule has 3 rings (SSSR count). The molecule has 0 unspecified atom stereocenters. The number of esters is 1. The third-order valence-corrected chi connectivity index (χ3v) is 6.89. The molecule has 8 heteroatoms. The van der Waals surface area contributed by atoms with Crippen LogP contribution in [-0.4, -0.2) is 72.9 Å². The van der Waals surface area contributed by atoms with Crippen LogP contribution in [0.3, 0.4) is 0 Å². The van der Waals surface area contributed by atoms with E-state index in [1.165, 1.54) is 7.11 Å². The van der Waals surface area contributed by atoms with E-state index in [9.17, 15) is 14.7 Å². The Bertz CT molecular complexity index is 915. The van der Waals surface area contributed by atoms with Gasteiger partial charge in [0.25, 0.3) is 0 Å². The van der Waals surface area contributed by atoms with Gasteiger partial charge in [-0.2, -0.15) is 0 Å². The van der Waals surface area contributed by atoms with Gasteiger partial charge in [-0.1, -0.05) is 49.8 Å². The quantitative estimate of drug-likeness (QED) is 0.164. The number of nitrogens with one attached hydrogen (secondary N) is 1. The first kappa shape index (κ1) is 28.3. The second-order valence-electron chi connectivity index (χ2n) is 10.4. The zero-order valence-electron chi connectivity index (χ0n) is 22.2. The SMILES string of the molecule is COC(=O)C[C@@H]1C[C@@]2(CO2)[C@H](O)[C@@H](/C=C/C(C)=C/C[C@H]2O[C@H](C)[C@H](NC(=O)/C=C\C(C)C)C=C2C)O1. The molecule has 7 atom stereocenters. The highest BCUT2D eigenvalue weighted by Gasteiger charge is 2.58. The lowest BCUT2D eigenvalue weighted by molar-refractivity contribution is -0.157. The maximum Gasteiger partial charge on any atom is 0.308 e. The Hall–Kier alpha value is -2.26. The van der Waals surface area contributed by atoms with E-state index in [1.54, 1.807) is 6.08 Å². The van der Waals surface area contributed by atoms with Crippen molar-refractivity contribution < 1.29 is 33.6 Å². The van der Waals surface area contributed by atoms with Gasteiger partial charge in [0.05, 0.1) is 44.5 Å². The Kier molecular flexibility index (Phi) is 9.69. The van der Waals surface area contributed by atoms with Crippen molar-refractivity contribution in [2.75, 3.05) is 13.7 Å². The van der Waals surface area contributed by atoms with Gasteiger partial charge in [0.1, 0.15) is 17.8 Å². The van der Waals surface area contributed by atoms with E-state index in [-0.39, 0.29) is 42.7 Å². The highest BCUT2D eigenvalue weighted by Crippen LogP contribution is 2.43. The van der Waals surface area contributed by atoms with Gasteiger partial charge in [0.15, 0.2) is 0 Å². The van der Waals surface area contributed by atoms with Crippen LogP contribution in [0.4, 0.5) is 0 Å². The van der Waals surface area contributed by atoms with Crippen LogP contribution in [0.2, 0.25) is 0 Å². The molecule has 2 N–H and O–H groups in total. The number of rotatable bonds is 9. The third-order valence-electron chi connectivity index (χ3n) is 6.89. The number of epoxide rings is 1. The minimum atomic E-state index is -0.786. The first-order valence-corrected chi connectivity index (χ1v) is 12.7. The summed E-state index contributed by atoms with van der Waals surface area (Å²) in [7, 11) is 1.35. The van der Waals surface area contributed by atoms with E-state index >= 15 is 0 Å². The van der Waals surface area contributed by atoms with Crippen molar-refractivity contribution in [3.05, 3.63) is 47.6 Å². The monoisotopic (exact) mass is 503 g/mol. The van der Waals surface area contributed by atoms with E-state index in [0.717, 1.165) is 11.1 Å². The normalized spacial score (nSPS) is 34.9. The standard InChI is InChI=1S/C28H41NO7/c1-17(2)7-12-25(30)29-22-13-19(4)23(35-20(22)5)10-8-18(3)9-11-24-27(32)28(16-34-28)15-21(36-24)14-26(31)33-6/h7-9,11-13,17,20-24,27,32H,10,14-16H2,1-6H3,(H,29,30)/b11-9+,12-7-,18-8+/t20-,21-,22-,23-,24-,27-,28-/m1/s1. The molecule has 0 saturated carbocycles. The average molecular weight is 504 g/mol. The Morgan fingerprint density at radius 3 is 2.67 bits per heavy atom. The van der Waals surface area contributed by atoms with Crippen LogP contribution in [0.25, 0.3) is 0 Å². The highest BCUT2D eigenvalue weighted by atomic mass is 16.6. The van der Waals surface area contributed by atoms with Gasteiger partial charge in [0, 0.05) is 6.42 Å². The summed E-state index contributed by atoms with van der Waals surface area (Å²) in [6, 6.07) is -0.171. The molecule has 3 aliphatic rings. The Balaban J connectivity index is 1.57. The summed E-state index contributed by atoms with van der Waals surface area (Å²) in [4.78, 5) is 23.9. The second-order valence-corrected chi connectivity index (χ2v) is 10.4. The summed E-state index contributed by atoms with van der Waals surface area (Å²) in [6.07, 6.45) is 10.7. The molecule has 0 aromatic carbocycles. The summed E-state index contributed by atoms with van der Waals surface area (Å²) in [6.45, 7) is 10.5. The molecule has 0 bridgehead atoms. The van der Waals surface area contributed by atoms with Crippen LogP contribution in [0.1, 0.15) is 53.9 Å². The van der Waals surface area contributed by atoms with E-state index in [4.69, 9.17) is 18.9 Å². The molecule has 0 aromatic heterocycles. The number of methoxy groups -OCH3 is 1. The van der Waals surface area contributed by atoms with Crippen molar-refractivity contribution in [3.63, 3.8) is 0 Å². The molecule has 0 aliphatic carbocycles. The van der Waals surface area contributed by atoms with E-state index in [0.29, 0.717) is 25.4 Å². The van der Waals surface area contributed by atoms with Crippen molar-refractivity contribution in [2.45, 2.75) is 96.0 Å². The van der Waals surface area contributed by atoms with E-state index in [2.05, 4.69) is 17.5 Å². The van der Waals surface area contributed by atoms with E-state index < -0.39 is 17.8 Å². The predicted octanol–water partition coefficient (Wildman–Crippen LogP) is 3.16. The molecule has 8 nitrogen and oxygen atoms in total. The summed E-state index contributed by atoms with van der Waals surface area (Å²) in [5, 5.41) is 13.7. The number of carbonyl (C=O) groups is 2. The largest absolute Gasteiger partial charge is 0.469 e. The minimum Gasteiger partial charge on any atom is -0.469 e. The number of carbonyl (C=O) groups excluding carboxylic acids is 2. The van der Waals surface area contributed by atoms with Crippen molar-refractivity contribution in [1.29, 1.82) is 0 Å². The van der Waals surface area contributed by atoms with Gasteiger partial charge in [-0.05, 0) is 44.8 Å². The summed E-state index contributed by atoms with van der Waals surface area (Å²) in [5.74, 6) is -0.143. The maximum atomic E-state index is 12.2. The third kappa shape index (κ3) is 7.62. The van der Waals surface area contributed by atoms with Crippen molar-refractivity contribution in [2.24, 2.45) is 5.92 Å². The lowest BCUT2D eigenvalue weighted by Crippen LogP contribution is -2.50. The number of hydrogen-bond donors (Lipinski definition) is 2. The van der Waals surface area contributed by atoms with Gasteiger partial charge in [-0.15, -0.1) is 0 Å². The molecule has 2 saturated heterocycles. The number of amides is 1. The number of ether oxygens (including phenoxy) is 4. The fraction of sp³-hybridized carbons (Fsp3) is 0.643. The van der Waals surface area contributed by atoms with Crippen LogP contribution in [0.15, 0.2) is 47.6 Å². The zero-order chi connectivity index (χ0) is 26.5. The van der Waals surface area contributed by atoms with Gasteiger partial charge in [-0.25, -0.2) is 0 Å². The molecule has 200 valence electrons. The number of aliphatic hydroxyl groups excluding tert-OH is 1. The molecular formula is C28H41NO7. The first-order chi connectivity index (χ1) is 17.0. The molecule has 3 heterocycles. The first-order valence-electron chi connectivity index (χ1n) is 12.7. The van der Waals surface area contributed by atoms with Crippen molar-refractivity contribution in [3.8, 4) is 0 Å². The predicted molar refractivity (Wildman–Crippen MR) is 136 cm³/mol. The molecule has 36 heavy (non-hydrogen) atoms. The lowest BCUT2D eigenvalue weighted by Gasteiger charge is -2.36. The smallest absolute Gasteiger partial charge is 0.308 e. The van der Waals surface area contributed by atoms with Gasteiger partial charge in [-0.3, -0.25) is 9.59 Å². The molecule has 0 aromatic rings. The van der Waals surface area contributed by atoms with Gasteiger partial charge < -0.3 is 29.4 Å². The maximum absolute atomic E-state index is 12.2. The minimum absolute atomic E-state index is 0.0770. The Labute approximate surface area is 214 Å². The lowest BCUT2D eigenvalue weighted by atomic mass is 9.87. The summed E-state index contributed by atoms with van der Waals surface area (Å²) in [5.41, 5.74) is 1.45. The summed E-state index contributed by atoms with van der Waals surface area (Å²) < 4.78 is 22.5. The Morgan fingerprint density at radius 1 is 1.31 bits per heavy atom. The van der Waals surface area contributed by atoms with Crippen molar-refractivity contribution in [1.82, 2.24) is 5.32 Å². The molecule has 1 spiro atoms. The summed E-state index contributed by atoms with van der Waals surface area (Å²) >= 11 is 0. The van der Waals surface area contributed by atoms with Crippen LogP contribution < -0.4 is 5.32 Å². The van der Waals surface area contributed by atoms with Gasteiger partial charge in [0.2, 0.25) is 5.91 Å². The van der Waals surface area contributed by atoms with Crippen LogP contribution >= 0.6 is 0 Å². The number of allylic oxidation sites excluding steroid dienone is 3.